The van der Waals surface area contributed by atoms with Crippen molar-refractivity contribution in [2.45, 2.75) is 27.0 Å². The monoisotopic (exact) mass is 401 g/mol. The molecule has 0 saturated carbocycles. The Labute approximate surface area is 177 Å². The number of anilines is 1. The molecule has 0 aliphatic rings. The molecule has 1 N–H and O–H groups in total. The van der Waals surface area contributed by atoms with E-state index in [4.69, 9.17) is 16.3 Å². The number of ether oxygens (including phenoxy) is 1. The highest BCUT2D eigenvalue weighted by atomic mass is 35.5. The zero-order chi connectivity index (χ0) is 20.2. The summed E-state index contributed by atoms with van der Waals surface area (Å²) in [5.74, 6) is 0.898. The minimum Gasteiger partial charge on any atom is -0.489 e. The molecule has 0 fully saturated rings. The summed E-state index contributed by atoms with van der Waals surface area (Å²) < 4.78 is 6.24. The maximum Gasteiger partial charge on any atom is 0.125 e. The summed E-state index contributed by atoms with van der Waals surface area (Å²) in [6.45, 7) is 5.30. The second kappa shape index (κ2) is 8.59. The van der Waals surface area contributed by atoms with E-state index in [2.05, 4.69) is 79.0 Å². The second-order valence-corrected chi connectivity index (χ2v) is 7.76. The SMILES string of the molecule is Cc1ccc(COc2ccc3ccccc3c2CNc2ccc(C)c(Cl)c2)cc1. The second-order valence-electron chi connectivity index (χ2n) is 7.36. The predicted molar refractivity (Wildman–Crippen MR) is 123 cm³/mol. The first-order valence-electron chi connectivity index (χ1n) is 9.79. The molecule has 146 valence electrons. The average Bonchev–Trinajstić information content (AvgIpc) is 2.74. The van der Waals surface area contributed by atoms with E-state index in [1.165, 1.54) is 16.3 Å². The summed E-state index contributed by atoms with van der Waals surface area (Å²) in [6, 6.07) is 27.1. The van der Waals surface area contributed by atoms with Crippen LogP contribution in [-0.4, -0.2) is 0 Å². The Morgan fingerprint density at radius 1 is 0.862 bits per heavy atom. The molecule has 2 nitrogen and oxygen atoms in total. The number of hydrogen-bond donors (Lipinski definition) is 1. The van der Waals surface area contributed by atoms with Crippen LogP contribution in [0.3, 0.4) is 0 Å². The Morgan fingerprint density at radius 2 is 1.66 bits per heavy atom. The molecule has 0 bridgehead atoms. The molecule has 0 spiro atoms. The topological polar surface area (TPSA) is 21.3 Å². The van der Waals surface area contributed by atoms with Crippen LogP contribution in [0.15, 0.2) is 78.9 Å². The van der Waals surface area contributed by atoms with Gasteiger partial charge >= 0.3 is 0 Å². The Bertz CT molecular complexity index is 1140. The van der Waals surface area contributed by atoms with Gasteiger partial charge in [0.2, 0.25) is 0 Å². The largest absolute Gasteiger partial charge is 0.489 e. The molecular weight excluding hydrogens is 378 g/mol. The standard InChI is InChI=1S/C26H24ClNO/c1-18-7-10-20(11-8-18)17-29-26-14-12-21-5-3-4-6-23(21)24(26)16-28-22-13-9-19(2)25(27)15-22/h3-15,28H,16-17H2,1-2H3. The third-order valence-corrected chi connectivity index (χ3v) is 5.56. The lowest BCUT2D eigenvalue weighted by molar-refractivity contribution is 0.304. The third kappa shape index (κ3) is 4.55. The molecule has 0 atom stereocenters. The van der Waals surface area contributed by atoms with Crippen LogP contribution in [0.25, 0.3) is 10.8 Å². The third-order valence-electron chi connectivity index (χ3n) is 5.15. The van der Waals surface area contributed by atoms with Crippen molar-refractivity contribution < 1.29 is 4.74 Å². The maximum atomic E-state index is 6.29. The summed E-state index contributed by atoms with van der Waals surface area (Å²) in [7, 11) is 0. The Morgan fingerprint density at radius 3 is 2.45 bits per heavy atom. The van der Waals surface area contributed by atoms with Crippen LogP contribution in [0.5, 0.6) is 5.75 Å². The highest BCUT2D eigenvalue weighted by molar-refractivity contribution is 6.31. The smallest absolute Gasteiger partial charge is 0.125 e. The van der Waals surface area contributed by atoms with Gasteiger partial charge in [0, 0.05) is 22.8 Å². The lowest BCUT2D eigenvalue weighted by Crippen LogP contribution is -2.05. The molecule has 3 heteroatoms. The lowest BCUT2D eigenvalue weighted by Gasteiger charge is -2.16. The molecule has 0 saturated heterocycles. The molecule has 4 aromatic rings. The molecular formula is C26H24ClNO. The zero-order valence-corrected chi connectivity index (χ0v) is 17.5. The highest BCUT2D eigenvalue weighted by Gasteiger charge is 2.10. The fraction of sp³-hybridized carbons (Fsp3) is 0.154. The molecule has 0 heterocycles. The van der Waals surface area contributed by atoms with E-state index in [9.17, 15) is 0 Å². The molecule has 0 unspecified atom stereocenters. The van der Waals surface area contributed by atoms with E-state index in [0.717, 1.165) is 33.1 Å². The van der Waals surface area contributed by atoms with Crippen molar-refractivity contribution >= 4 is 28.1 Å². The molecule has 0 amide bonds. The summed E-state index contributed by atoms with van der Waals surface area (Å²) in [5.41, 5.74) is 5.63. The average molecular weight is 402 g/mol. The van der Waals surface area contributed by atoms with Crippen LogP contribution < -0.4 is 10.1 Å². The van der Waals surface area contributed by atoms with Gasteiger partial charge in [-0.05, 0) is 53.9 Å². The van der Waals surface area contributed by atoms with E-state index in [-0.39, 0.29) is 0 Å². The number of fused-ring (bicyclic) bond motifs is 1. The van der Waals surface area contributed by atoms with Crippen molar-refractivity contribution in [3.63, 3.8) is 0 Å². The first-order valence-corrected chi connectivity index (χ1v) is 10.2. The normalized spacial score (nSPS) is 10.9. The zero-order valence-electron chi connectivity index (χ0n) is 16.7. The van der Waals surface area contributed by atoms with Crippen LogP contribution in [0.4, 0.5) is 5.69 Å². The number of rotatable bonds is 6. The first-order chi connectivity index (χ1) is 14.1. The van der Waals surface area contributed by atoms with Crippen LogP contribution in [0.1, 0.15) is 22.3 Å². The summed E-state index contributed by atoms with van der Waals surface area (Å²) >= 11 is 6.29. The van der Waals surface area contributed by atoms with Gasteiger partial charge < -0.3 is 10.1 Å². The van der Waals surface area contributed by atoms with Crippen LogP contribution in [0, 0.1) is 13.8 Å². The molecule has 0 aliphatic carbocycles. The van der Waals surface area contributed by atoms with Gasteiger partial charge in [-0.1, -0.05) is 77.8 Å². The van der Waals surface area contributed by atoms with Crippen molar-refractivity contribution in [3.8, 4) is 5.75 Å². The highest BCUT2D eigenvalue weighted by Crippen LogP contribution is 2.30. The number of nitrogens with one attached hydrogen (secondary N) is 1. The van der Waals surface area contributed by atoms with Gasteiger partial charge in [0.05, 0.1) is 0 Å². The van der Waals surface area contributed by atoms with E-state index < -0.39 is 0 Å². The van der Waals surface area contributed by atoms with Crippen molar-refractivity contribution in [1.82, 2.24) is 0 Å². The van der Waals surface area contributed by atoms with Crippen LogP contribution in [0.2, 0.25) is 5.02 Å². The van der Waals surface area contributed by atoms with Gasteiger partial charge in [-0.15, -0.1) is 0 Å². The first kappa shape index (κ1) is 19.4. The fourth-order valence-corrected chi connectivity index (χ4v) is 3.55. The van der Waals surface area contributed by atoms with Crippen LogP contribution in [-0.2, 0) is 13.2 Å². The molecule has 0 aliphatic heterocycles. The predicted octanol–water partition coefficient (Wildman–Crippen LogP) is 7.30. The van der Waals surface area contributed by atoms with Gasteiger partial charge in [0.15, 0.2) is 0 Å². The Kier molecular flexibility index (Phi) is 5.73. The van der Waals surface area contributed by atoms with E-state index in [0.29, 0.717) is 13.2 Å². The van der Waals surface area contributed by atoms with Gasteiger partial charge in [0.1, 0.15) is 12.4 Å². The Balaban J connectivity index is 1.61. The quantitative estimate of drug-likeness (QED) is 0.366. The lowest BCUT2D eigenvalue weighted by atomic mass is 10.0. The summed E-state index contributed by atoms with van der Waals surface area (Å²) in [6.07, 6.45) is 0. The van der Waals surface area contributed by atoms with Crippen molar-refractivity contribution in [2.24, 2.45) is 0 Å². The minimum absolute atomic E-state index is 0.544. The number of benzene rings is 4. The van der Waals surface area contributed by atoms with E-state index in [1.807, 2.05) is 19.1 Å². The van der Waals surface area contributed by atoms with Gasteiger partial charge in [-0.25, -0.2) is 0 Å². The van der Waals surface area contributed by atoms with Gasteiger partial charge in [-0.2, -0.15) is 0 Å². The van der Waals surface area contributed by atoms with E-state index in [1.54, 1.807) is 0 Å². The van der Waals surface area contributed by atoms with Gasteiger partial charge in [0.25, 0.3) is 0 Å². The number of hydrogen-bond acceptors (Lipinski definition) is 2. The summed E-state index contributed by atoms with van der Waals surface area (Å²) in [5, 5.41) is 6.67. The molecule has 4 aromatic carbocycles. The summed E-state index contributed by atoms with van der Waals surface area (Å²) in [4.78, 5) is 0. The van der Waals surface area contributed by atoms with Gasteiger partial charge in [-0.3, -0.25) is 0 Å². The minimum atomic E-state index is 0.544. The number of aryl methyl sites for hydroxylation is 2. The molecule has 4 rings (SSSR count). The van der Waals surface area contributed by atoms with Crippen molar-refractivity contribution in [3.05, 3.63) is 106 Å². The Hall–Kier alpha value is -2.97. The van der Waals surface area contributed by atoms with Crippen molar-refractivity contribution in [1.29, 1.82) is 0 Å². The van der Waals surface area contributed by atoms with Crippen LogP contribution >= 0.6 is 11.6 Å². The van der Waals surface area contributed by atoms with E-state index >= 15 is 0 Å². The molecule has 0 aromatic heterocycles. The van der Waals surface area contributed by atoms with Crippen molar-refractivity contribution in [2.75, 3.05) is 5.32 Å². The molecule has 0 radical (unpaired) electrons. The fourth-order valence-electron chi connectivity index (χ4n) is 3.37. The molecule has 29 heavy (non-hydrogen) atoms. The number of halogens is 1. The maximum absolute atomic E-state index is 6.29.